The van der Waals surface area contributed by atoms with Crippen molar-refractivity contribution in [2.24, 2.45) is 7.05 Å². The van der Waals surface area contributed by atoms with Crippen LogP contribution in [0.5, 0.6) is 5.75 Å². The van der Waals surface area contributed by atoms with E-state index in [-0.39, 0.29) is 0 Å². The topological polar surface area (TPSA) is 39.1 Å². The number of nitrogens with zero attached hydrogens (tertiary/aromatic N) is 2. The molecular weight excluding hydrogens is 282 g/mol. The molecule has 1 heterocycles. The average molecular weight is 296 g/mol. The number of ether oxygens (including phenoxy) is 1. The fourth-order valence-corrected chi connectivity index (χ4v) is 1.93. The fourth-order valence-electron chi connectivity index (χ4n) is 1.58. The van der Waals surface area contributed by atoms with Crippen LogP contribution in [0.15, 0.2) is 28.9 Å². The second-order valence-electron chi connectivity index (χ2n) is 3.79. The molecule has 0 radical (unpaired) electrons. The molecule has 0 bridgehead atoms. The highest BCUT2D eigenvalue weighted by Crippen LogP contribution is 2.29. The maximum atomic E-state index is 5.19. The molecule has 90 valence electrons. The predicted octanol–water partition coefficient (Wildman–Crippen LogP) is 3.24. The van der Waals surface area contributed by atoms with Gasteiger partial charge in [-0.25, -0.2) is 4.98 Å². The first-order valence-corrected chi connectivity index (χ1v) is 6.00. The lowest BCUT2D eigenvalue weighted by Crippen LogP contribution is -1.99. The summed E-state index contributed by atoms with van der Waals surface area (Å²) in [5.74, 6) is 1.61. The molecule has 2 rings (SSSR count). The second-order valence-corrected chi connectivity index (χ2v) is 4.64. The number of halogens is 1. The van der Waals surface area contributed by atoms with E-state index >= 15 is 0 Å². The minimum atomic E-state index is 0.802. The smallest absolute Gasteiger partial charge is 0.207 e. The number of methoxy groups -OCH3 is 1. The Balaban J connectivity index is 2.32. The quantitative estimate of drug-likeness (QED) is 0.945. The van der Waals surface area contributed by atoms with Gasteiger partial charge in [0.2, 0.25) is 5.95 Å². The highest BCUT2D eigenvalue weighted by atomic mass is 79.9. The number of hydrogen-bond donors (Lipinski definition) is 1. The number of benzene rings is 1. The summed E-state index contributed by atoms with van der Waals surface area (Å²) in [6, 6.07) is 5.77. The number of hydrogen-bond acceptors (Lipinski definition) is 3. The van der Waals surface area contributed by atoms with Crippen molar-refractivity contribution in [3.63, 3.8) is 0 Å². The summed E-state index contributed by atoms with van der Waals surface area (Å²) in [7, 11) is 3.61. The Kier molecular flexibility index (Phi) is 3.38. The minimum Gasteiger partial charge on any atom is -0.497 e. The van der Waals surface area contributed by atoms with Gasteiger partial charge in [0.15, 0.2) is 0 Å². The van der Waals surface area contributed by atoms with Crippen molar-refractivity contribution in [3.05, 3.63) is 34.6 Å². The molecule has 0 fully saturated rings. The molecule has 1 aromatic heterocycles. The molecule has 0 unspecified atom stereocenters. The standard InChI is InChI=1S/C12H14BrN3O/c1-8-7-16(2)12(14-8)15-11-6-9(17-3)4-5-10(11)13/h4-7H,1-3H3,(H,14,15). The summed E-state index contributed by atoms with van der Waals surface area (Å²) in [4.78, 5) is 4.39. The lowest BCUT2D eigenvalue weighted by Gasteiger charge is -2.09. The average Bonchev–Trinajstić information content (AvgIpc) is 2.60. The zero-order valence-electron chi connectivity index (χ0n) is 9.99. The van der Waals surface area contributed by atoms with Gasteiger partial charge in [-0.15, -0.1) is 0 Å². The largest absolute Gasteiger partial charge is 0.497 e. The van der Waals surface area contributed by atoms with E-state index in [9.17, 15) is 0 Å². The Morgan fingerprint density at radius 1 is 1.41 bits per heavy atom. The van der Waals surface area contributed by atoms with Crippen LogP contribution >= 0.6 is 15.9 Å². The Morgan fingerprint density at radius 2 is 2.18 bits per heavy atom. The molecule has 2 aromatic rings. The van der Waals surface area contributed by atoms with Crippen molar-refractivity contribution in [2.45, 2.75) is 6.92 Å². The van der Waals surface area contributed by atoms with Crippen LogP contribution in [0.1, 0.15) is 5.69 Å². The molecule has 0 atom stereocenters. The molecule has 1 aromatic carbocycles. The van der Waals surface area contributed by atoms with Gasteiger partial charge >= 0.3 is 0 Å². The predicted molar refractivity (Wildman–Crippen MR) is 71.9 cm³/mol. The number of nitrogens with one attached hydrogen (secondary N) is 1. The van der Waals surface area contributed by atoms with Crippen molar-refractivity contribution in [2.75, 3.05) is 12.4 Å². The summed E-state index contributed by atoms with van der Waals surface area (Å²) in [5.41, 5.74) is 1.91. The van der Waals surface area contributed by atoms with Crippen molar-refractivity contribution in [1.82, 2.24) is 9.55 Å². The molecule has 1 N–H and O–H groups in total. The zero-order chi connectivity index (χ0) is 12.4. The van der Waals surface area contributed by atoms with Gasteiger partial charge in [-0.2, -0.15) is 0 Å². The highest BCUT2D eigenvalue weighted by molar-refractivity contribution is 9.10. The molecule has 0 aliphatic rings. The van der Waals surface area contributed by atoms with E-state index in [1.807, 2.05) is 42.9 Å². The van der Waals surface area contributed by atoms with E-state index in [4.69, 9.17) is 4.74 Å². The van der Waals surface area contributed by atoms with Crippen LogP contribution in [0.2, 0.25) is 0 Å². The molecule has 0 aliphatic carbocycles. The number of aryl methyl sites for hydroxylation is 2. The first kappa shape index (κ1) is 12.0. The Labute approximate surface area is 109 Å². The third-order valence-electron chi connectivity index (χ3n) is 2.42. The zero-order valence-corrected chi connectivity index (χ0v) is 11.6. The van der Waals surface area contributed by atoms with Crippen LogP contribution < -0.4 is 10.1 Å². The van der Waals surface area contributed by atoms with Gasteiger partial charge < -0.3 is 14.6 Å². The van der Waals surface area contributed by atoms with Gasteiger partial charge in [0.05, 0.1) is 18.5 Å². The summed E-state index contributed by atoms with van der Waals surface area (Å²) in [5, 5.41) is 3.26. The van der Waals surface area contributed by atoms with E-state index in [0.29, 0.717) is 0 Å². The molecule has 0 amide bonds. The van der Waals surface area contributed by atoms with Gasteiger partial charge in [-0.3, -0.25) is 0 Å². The van der Waals surface area contributed by atoms with Crippen molar-refractivity contribution in [1.29, 1.82) is 0 Å². The number of imidazole rings is 1. The van der Waals surface area contributed by atoms with Crippen LogP contribution in [0.3, 0.4) is 0 Å². The van der Waals surface area contributed by atoms with Crippen molar-refractivity contribution in [3.8, 4) is 5.75 Å². The first-order chi connectivity index (χ1) is 8.10. The lowest BCUT2D eigenvalue weighted by molar-refractivity contribution is 0.415. The van der Waals surface area contributed by atoms with Crippen LogP contribution in [0, 0.1) is 6.92 Å². The van der Waals surface area contributed by atoms with Crippen LogP contribution in [0.25, 0.3) is 0 Å². The molecule has 0 aliphatic heterocycles. The lowest BCUT2D eigenvalue weighted by atomic mass is 10.3. The summed E-state index contributed by atoms with van der Waals surface area (Å²) in [6.07, 6.45) is 1.97. The molecule has 0 saturated heterocycles. The molecule has 17 heavy (non-hydrogen) atoms. The van der Waals surface area contributed by atoms with Gasteiger partial charge in [0.25, 0.3) is 0 Å². The molecule has 0 saturated carbocycles. The Bertz CT molecular complexity index is 537. The van der Waals surface area contributed by atoms with Gasteiger partial charge in [0, 0.05) is 23.8 Å². The first-order valence-electron chi connectivity index (χ1n) is 5.20. The normalized spacial score (nSPS) is 10.4. The number of aromatic nitrogens is 2. The van der Waals surface area contributed by atoms with E-state index in [1.54, 1.807) is 7.11 Å². The Morgan fingerprint density at radius 3 is 2.76 bits per heavy atom. The molecule has 4 nitrogen and oxygen atoms in total. The Hall–Kier alpha value is -1.49. The van der Waals surface area contributed by atoms with Gasteiger partial charge in [0.1, 0.15) is 5.75 Å². The van der Waals surface area contributed by atoms with Crippen LogP contribution in [-0.4, -0.2) is 16.7 Å². The minimum absolute atomic E-state index is 0.802. The molecule has 0 spiro atoms. The molecule has 5 heteroatoms. The van der Waals surface area contributed by atoms with Crippen molar-refractivity contribution < 1.29 is 4.74 Å². The fraction of sp³-hybridized carbons (Fsp3) is 0.250. The third kappa shape index (κ3) is 2.61. The van der Waals surface area contributed by atoms with Gasteiger partial charge in [-0.05, 0) is 35.0 Å². The maximum absolute atomic E-state index is 5.19. The van der Waals surface area contributed by atoms with E-state index in [2.05, 4.69) is 26.2 Å². The van der Waals surface area contributed by atoms with Crippen LogP contribution in [0.4, 0.5) is 11.6 Å². The number of anilines is 2. The maximum Gasteiger partial charge on any atom is 0.207 e. The summed E-state index contributed by atoms with van der Waals surface area (Å²) in [6.45, 7) is 1.96. The van der Waals surface area contributed by atoms with E-state index in [1.165, 1.54) is 0 Å². The second kappa shape index (κ2) is 4.79. The van der Waals surface area contributed by atoms with E-state index in [0.717, 1.165) is 27.6 Å². The molecular formula is C12H14BrN3O. The van der Waals surface area contributed by atoms with Crippen LogP contribution in [-0.2, 0) is 7.05 Å². The third-order valence-corrected chi connectivity index (χ3v) is 3.11. The highest BCUT2D eigenvalue weighted by Gasteiger charge is 2.06. The van der Waals surface area contributed by atoms with Gasteiger partial charge in [-0.1, -0.05) is 0 Å². The number of rotatable bonds is 3. The van der Waals surface area contributed by atoms with E-state index < -0.39 is 0 Å². The summed E-state index contributed by atoms with van der Waals surface area (Å²) < 4.78 is 8.11. The van der Waals surface area contributed by atoms with Crippen molar-refractivity contribution >= 4 is 27.6 Å². The SMILES string of the molecule is COc1ccc(Br)c(Nc2nc(C)cn2C)c1. The summed E-state index contributed by atoms with van der Waals surface area (Å²) >= 11 is 3.49. The monoisotopic (exact) mass is 295 g/mol.